The molecule has 0 aliphatic carbocycles. The summed E-state index contributed by atoms with van der Waals surface area (Å²) in [5.41, 5.74) is 0.504. The smallest absolute Gasteiger partial charge is 0.227 e. The second kappa shape index (κ2) is 4.71. The van der Waals surface area contributed by atoms with Crippen molar-refractivity contribution in [3.05, 3.63) is 24.0 Å². The predicted octanol–water partition coefficient (Wildman–Crippen LogP) is 1.18. The third kappa shape index (κ3) is 2.24. The molecule has 1 aromatic carbocycles. The molecule has 2 rings (SSSR count). The van der Waals surface area contributed by atoms with Gasteiger partial charge >= 0.3 is 0 Å². The first kappa shape index (κ1) is 11.9. The quantitative estimate of drug-likeness (QED) is 0.861. The normalized spacial score (nSPS) is 19.8. The minimum absolute atomic E-state index is 0.0269. The van der Waals surface area contributed by atoms with Gasteiger partial charge in [-0.05, 0) is 12.1 Å². The number of methoxy groups -OCH3 is 1. The number of carbonyl (C=O) groups is 1. The van der Waals surface area contributed by atoms with Crippen molar-refractivity contribution >= 4 is 11.6 Å². The Labute approximate surface area is 98.6 Å². The molecule has 0 spiro atoms. The molecule has 1 fully saturated rings. The summed E-state index contributed by atoms with van der Waals surface area (Å²) in [4.78, 5) is 13.2. The Morgan fingerprint density at radius 2 is 2.35 bits per heavy atom. The molecular weight excluding hydrogens is 225 g/mol. The molecule has 1 atom stereocenters. The number of nitrogens with zero attached hydrogens (tertiary/aromatic N) is 1. The Morgan fingerprint density at radius 1 is 1.59 bits per heavy atom. The van der Waals surface area contributed by atoms with Crippen LogP contribution in [0.5, 0.6) is 5.75 Å². The summed E-state index contributed by atoms with van der Waals surface area (Å²) < 4.78 is 18.3. The summed E-state index contributed by atoms with van der Waals surface area (Å²) in [5, 5.41) is 9.01. The summed E-state index contributed by atoms with van der Waals surface area (Å²) in [6, 6.07) is 4.40. The second-order valence-corrected chi connectivity index (χ2v) is 4.08. The number of benzene rings is 1. The lowest BCUT2D eigenvalue weighted by molar-refractivity contribution is -0.117. The van der Waals surface area contributed by atoms with E-state index in [0.29, 0.717) is 18.7 Å². The van der Waals surface area contributed by atoms with Crippen LogP contribution >= 0.6 is 0 Å². The molecule has 1 unspecified atom stereocenters. The number of hydrogen-bond acceptors (Lipinski definition) is 3. The number of aliphatic hydroxyl groups is 1. The number of rotatable bonds is 3. The SMILES string of the molecule is COc1ccc(N2CC(CO)CC2=O)cc1F. The lowest BCUT2D eigenvalue weighted by Gasteiger charge is -2.17. The van der Waals surface area contributed by atoms with Gasteiger partial charge in [0.15, 0.2) is 11.6 Å². The van der Waals surface area contributed by atoms with E-state index in [1.54, 1.807) is 6.07 Å². The average Bonchev–Trinajstić information content (AvgIpc) is 2.70. The summed E-state index contributed by atoms with van der Waals surface area (Å²) in [6.45, 7) is 0.405. The molecule has 1 heterocycles. The van der Waals surface area contributed by atoms with E-state index in [1.807, 2.05) is 0 Å². The average molecular weight is 239 g/mol. The van der Waals surface area contributed by atoms with Crippen LogP contribution in [0.15, 0.2) is 18.2 Å². The molecule has 1 aliphatic heterocycles. The monoisotopic (exact) mass is 239 g/mol. The Kier molecular flexibility index (Phi) is 3.28. The van der Waals surface area contributed by atoms with E-state index >= 15 is 0 Å². The number of aliphatic hydroxyl groups excluding tert-OH is 1. The fourth-order valence-corrected chi connectivity index (χ4v) is 1.98. The van der Waals surface area contributed by atoms with E-state index in [0.717, 1.165) is 0 Å². The van der Waals surface area contributed by atoms with Crippen LogP contribution in [0.2, 0.25) is 0 Å². The van der Waals surface area contributed by atoms with Gasteiger partial charge in [0.05, 0.1) is 7.11 Å². The van der Waals surface area contributed by atoms with Gasteiger partial charge in [-0.3, -0.25) is 4.79 Å². The zero-order valence-electron chi connectivity index (χ0n) is 9.52. The minimum Gasteiger partial charge on any atom is -0.494 e. The molecule has 4 nitrogen and oxygen atoms in total. The lowest BCUT2D eigenvalue weighted by Crippen LogP contribution is -2.24. The predicted molar refractivity (Wildman–Crippen MR) is 60.5 cm³/mol. The molecule has 0 radical (unpaired) electrons. The van der Waals surface area contributed by atoms with Gasteiger partial charge in [-0.1, -0.05) is 0 Å². The van der Waals surface area contributed by atoms with E-state index in [9.17, 15) is 9.18 Å². The van der Waals surface area contributed by atoms with Crippen molar-refractivity contribution in [2.45, 2.75) is 6.42 Å². The molecule has 0 aromatic heterocycles. The van der Waals surface area contributed by atoms with Crippen molar-refractivity contribution in [1.29, 1.82) is 0 Å². The van der Waals surface area contributed by atoms with Gasteiger partial charge in [0, 0.05) is 37.2 Å². The molecule has 1 N–H and O–H groups in total. The Hall–Kier alpha value is -1.62. The molecule has 5 heteroatoms. The van der Waals surface area contributed by atoms with E-state index in [4.69, 9.17) is 9.84 Å². The molecule has 17 heavy (non-hydrogen) atoms. The first-order valence-electron chi connectivity index (χ1n) is 5.40. The number of halogens is 1. The molecule has 1 saturated heterocycles. The van der Waals surface area contributed by atoms with Crippen LogP contribution in [0.3, 0.4) is 0 Å². The molecule has 0 bridgehead atoms. The third-order valence-electron chi connectivity index (χ3n) is 2.91. The van der Waals surface area contributed by atoms with Crippen LogP contribution in [0, 0.1) is 11.7 Å². The largest absolute Gasteiger partial charge is 0.494 e. The first-order chi connectivity index (χ1) is 8.15. The zero-order chi connectivity index (χ0) is 12.4. The first-order valence-corrected chi connectivity index (χ1v) is 5.40. The maximum atomic E-state index is 13.5. The zero-order valence-corrected chi connectivity index (χ0v) is 9.52. The molecule has 1 amide bonds. The topological polar surface area (TPSA) is 49.8 Å². The van der Waals surface area contributed by atoms with Crippen LogP contribution < -0.4 is 9.64 Å². The Morgan fingerprint density at radius 3 is 2.88 bits per heavy atom. The number of hydrogen-bond donors (Lipinski definition) is 1. The summed E-state index contributed by atoms with van der Waals surface area (Å²) >= 11 is 0. The maximum Gasteiger partial charge on any atom is 0.227 e. The van der Waals surface area contributed by atoms with Crippen molar-refractivity contribution in [2.24, 2.45) is 5.92 Å². The van der Waals surface area contributed by atoms with Crippen LogP contribution in [-0.4, -0.2) is 31.3 Å². The Balaban J connectivity index is 2.23. The van der Waals surface area contributed by atoms with Crippen LogP contribution in [-0.2, 0) is 4.79 Å². The van der Waals surface area contributed by atoms with Crippen LogP contribution in [0.4, 0.5) is 10.1 Å². The fraction of sp³-hybridized carbons (Fsp3) is 0.417. The van der Waals surface area contributed by atoms with Gasteiger partial charge in [0.2, 0.25) is 5.91 Å². The standard InChI is InChI=1S/C12H14FNO3/c1-17-11-3-2-9(5-10(11)13)14-6-8(7-15)4-12(14)16/h2-3,5,8,15H,4,6-7H2,1H3. The van der Waals surface area contributed by atoms with Crippen LogP contribution in [0.1, 0.15) is 6.42 Å². The van der Waals surface area contributed by atoms with Crippen LogP contribution in [0.25, 0.3) is 0 Å². The molecule has 1 aliphatic rings. The Bertz CT molecular complexity index is 436. The van der Waals surface area contributed by atoms with E-state index in [2.05, 4.69) is 0 Å². The number of anilines is 1. The molecule has 1 aromatic rings. The van der Waals surface area contributed by atoms with Gasteiger partial charge in [-0.2, -0.15) is 0 Å². The third-order valence-corrected chi connectivity index (χ3v) is 2.91. The van der Waals surface area contributed by atoms with Gasteiger partial charge in [0.1, 0.15) is 0 Å². The maximum absolute atomic E-state index is 13.5. The minimum atomic E-state index is -0.495. The van der Waals surface area contributed by atoms with Crippen molar-refractivity contribution in [1.82, 2.24) is 0 Å². The number of carbonyl (C=O) groups excluding carboxylic acids is 1. The highest BCUT2D eigenvalue weighted by molar-refractivity contribution is 5.95. The number of ether oxygens (including phenoxy) is 1. The molecule has 0 saturated carbocycles. The summed E-state index contributed by atoms with van der Waals surface area (Å²) in [6.07, 6.45) is 0.310. The second-order valence-electron chi connectivity index (χ2n) is 4.08. The van der Waals surface area contributed by atoms with Gasteiger partial charge in [-0.25, -0.2) is 4.39 Å². The molecular formula is C12H14FNO3. The van der Waals surface area contributed by atoms with Gasteiger partial charge < -0.3 is 14.7 Å². The van der Waals surface area contributed by atoms with Crippen molar-refractivity contribution in [2.75, 3.05) is 25.2 Å². The van der Waals surface area contributed by atoms with Crippen molar-refractivity contribution < 1.29 is 19.0 Å². The summed E-state index contributed by atoms with van der Waals surface area (Å²) in [7, 11) is 1.39. The lowest BCUT2D eigenvalue weighted by atomic mass is 10.1. The van der Waals surface area contributed by atoms with E-state index in [-0.39, 0.29) is 24.2 Å². The fourth-order valence-electron chi connectivity index (χ4n) is 1.98. The van der Waals surface area contributed by atoms with E-state index < -0.39 is 5.82 Å². The van der Waals surface area contributed by atoms with E-state index in [1.165, 1.54) is 24.1 Å². The highest BCUT2D eigenvalue weighted by Crippen LogP contribution is 2.28. The highest BCUT2D eigenvalue weighted by atomic mass is 19.1. The molecule has 92 valence electrons. The van der Waals surface area contributed by atoms with Crippen molar-refractivity contribution in [3.63, 3.8) is 0 Å². The highest BCUT2D eigenvalue weighted by Gasteiger charge is 2.30. The van der Waals surface area contributed by atoms with Gasteiger partial charge in [-0.15, -0.1) is 0 Å². The summed E-state index contributed by atoms with van der Waals surface area (Å²) in [5.74, 6) is -0.495. The number of amides is 1. The van der Waals surface area contributed by atoms with Gasteiger partial charge in [0.25, 0.3) is 0 Å². The van der Waals surface area contributed by atoms with Crippen molar-refractivity contribution in [3.8, 4) is 5.75 Å².